The summed E-state index contributed by atoms with van der Waals surface area (Å²) in [5.41, 5.74) is -0.886. The minimum Gasteiger partial charge on any atom is -0.366 e. The van der Waals surface area contributed by atoms with Crippen molar-refractivity contribution in [2.45, 2.75) is 38.9 Å². The summed E-state index contributed by atoms with van der Waals surface area (Å²) in [6, 6.07) is 3.02. The van der Waals surface area contributed by atoms with Crippen LogP contribution in [-0.4, -0.2) is 40.1 Å². The van der Waals surface area contributed by atoms with Gasteiger partial charge in [0.05, 0.1) is 16.8 Å². The number of aromatic nitrogens is 1. The maximum Gasteiger partial charge on any atom is 0.258 e. The lowest BCUT2D eigenvalue weighted by molar-refractivity contribution is -0.171. The average molecular weight is 266 g/mol. The van der Waals surface area contributed by atoms with E-state index in [1.807, 2.05) is 27.7 Å². The molecule has 1 aliphatic heterocycles. The monoisotopic (exact) mass is 266 g/mol. The van der Waals surface area contributed by atoms with E-state index in [2.05, 4.69) is 4.98 Å². The molecule has 2 rings (SSSR count). The number of nitrogens with zero attached hydrogens (tertiary/aromatic N) is 2. The predicted octanol–water partition coefficient (Wildman–Crippen LogP) is 2.25. The summed E-state index contributed by atoms with van der Waals surface area (Å²) in [7, 11) is 0. The Bertz CT molecular complexity index is 484. The highest BCUT2D eigenvalue weighted by molar-refractivity contribution is 5.94. The van der Waals surface area contributed by atoms with Crippen molar-refractivity contribution in [3.05, 3.63) is 29.8 Å². The first-order valence-corrected chi connectivity index (χ1v) is 6.30. The molecule has 4 nitrogen and oxygen atoms in total. The number of ether oxygens (including phenoxy) is 1. The van der Waals surface area contributed by atoms with Crippen molar-refractivity contribution in [1.82, 2.24) is 9.88 Å². The fourth-order valence-electron chi connectivity index (χ4n) is 2.65. The van der Waals surface area contributed by atoms with Gasteiger partial charge in [0.1, 0.15) is 0 Å². The molecule has 0 N–H and O–H groups in total. The minimum absolute atomic E-state index is 0.0102. The van der Waals surface area contributed by atoms with Gasteiger partial charge in [-0.1, -0.05) is 0 Å². The molecule has 1 saturated heterocycles. The Morgan fingerprint density at radius 1 is 1.32 bits per heavy atom. The van der Waals surface area contributed by atoms with Crippen LogP contribution >= 0.6 is 0 Å². The molecule has 19 heavy (non-hydrogen) atoms. The number of amides is 1. The number of carbonyl (C=O) groups is 1. The second-order valence-electron chi connectivity index (χ2n) is 6.12. The number of hydrogen-bond donors (Lipinski definition) is 0. The maximum absolute atomic E-state index is 13.6. The first-order valence-electron chi connectivity index (χ1n) is 6.30. The molecule has 1 aromatic rings. The Balaban J connectivity index is 2.27. The van der Waals surface area contributed by atoms with Crippen molar-refractivity contribution >= 4 is 5.91 Å². The summed E-state index contributed by atoms with van der Waals surface area (Å²) < 4.78 is 19.5. The molecule has 1 aliphatic rings. The maximum atomic E-state index is 13.6. The Hall–Kier alpha value is -1.49. The second kappa shape index (κ2) is 4.56. The van der Waals surface area contributed by atoms with Crippen molar-refractivity contribution in [2.24, 2.45) is 0 Å². The fraction of sp³-hybridized carbons (Fsp3) is 0.571. The van der Waals surface area contributed by atoms with E-state index in [0.29, 0.717) is 13.1 Å². The molecule has 0 saturated carbocycles. The van der Waals surface area contributed by atoms with Crippen LogP contribution in [0.3, 0.4) is 0 Å². The summed E-state index contributed by atoms with van der Waals surface area (Å²) in [6.45, 7) is 8.57. The molecule has 1 amide bonds. The molecule has 0 aromatic carbocycles. The van der Waals surface area contributed by atoms with E-state index in [9.17, 15) is 9.18 Å². The summed E-state index contributed by atoms with van der Waals surface area (Å²) in [5, 5.41) is 0. The number of carbonyl (C=O) groups excluding carboxylic acids is 1. The van der Waals surface area contributed by atoms with Crippen LogP contribution in [0.15, 0.2) is 18.3 Å². The van der Waals surface area contributed by atoms with E-state index in [1.165, 1.54) is 12.3 Å². The number of rotatable bonds is 1. The SMILES string of the molecule is CC1(C)CN(C(=O)c2cccnc2F)CC(C)(C)O1. The van der Waals surface area contributed by atoms with Crippen LogP contribution in [0.1, 0.15) is 38.1 Å². The molecule has 1 aromatic heterocycles. The molecule has 0 unspecified atom stereocenters. The van der Waals surface area contributed by atoms with Crippen LogP contribution < -0.4 is 0 Å². The van der Waals surface area contributed by atoms with Crippen LogP contribution in [0.2, 0.25) is 0 Å². The molecule has 0 aliphatic carbocycles. The number of hydrogen-bond acceptors (Lipinski definition) is 3. The second-order valence-corrected chi connectivity index (χ2v) is 6.12. The van der Waals surface area contributed by atoms with Gasteiger partial charge in [-0.15, -0.1) is 0 Å². The van der Waals surface area contributed by atoms with Crippen LogP contribution in [0, 0.1) is 5.95 Å². The third-order valence-electron chi connectivity index (χ3n) is 2.97. The summed E-state index contributed by atoms with van der Waals surface area (Å²) in [6.07, 6.45) is 1.33. The van der Waals surface area contributed by atoms with E-state index >= 15 is 0 Å². The molecular weight excluding hydrogens is 247 g/mol. The van der Waals surface area contributed by atoms with Gasteiger partial charge < -0.3 is 9.64 Å². The molecule has 0 atom stereocenters. The zero-order chi connectivity index (χ0) is 14.3. The lowest BCUT2D eigenvalue weighted by Gasteiger charge is -2.47. The number of morpholine rings is 1. The fourth-order valence-corrected chi connectivity index (χ4v) is 2.65. The Kier molecular flexibility index (Phi) is 3.34. The highest BCUT2D eigenvalue weighted by atomic mass is 19.1. The standard InChI is InChI=1S/C14H19FN2O2/c1-13(2)8-17(9-14(3,4)19-13)12(18)10-6-5-7-16-11(10)15/h5-7H,8-9H2,1-4H3. The topological polar surface area (TPSA) is 42.4 Å². The van der Waals surface area contributed by atoms with Crippen molar-refractivity contribution in [3.63, 3.8) is 0 Å². The lowest BCUT2D eigenvalue weighted by atomic mass is 9.98. The Morgan fingerprint density at radius 2 is 1.89 bits per heavy atom. The van der Waals surface area contributed by atoms with E-state index < -0.39 is 17.1 Å². The van der Waals surface area contributed by atoms with Gasteiger partial charge in [-0.25, -0.2) is 4.98 Å². The first-order chi connectivity index (χ1) is 8.70. The third-order valence-corrected chi connectivity index (χ3v) is 2.97. The van der Waals surface area contributed by atoms with Crippen molar-refractivity contribution < 1.29 is 13.9 Å². The molecule has 0 radical (unpaired) electrons. The highest BCUT2D eigenvalue weighted by Crippen LogP contribution is 2.29. The van der Waals surface area contributed by atoms with Gasteiger partial charge in [-0.2, -0.15) is 4.39 Å². The summed E-state index contributed by atoms with van der Waals surface area (Å²) >= 11 is 0. The molecule has 104 valence electrons. The Labute approximate surface area is 112 Å². The number of pyridine rings is 1. The van der Waals surface area contributed by atoms with E-state index in [4.69, 9.17) is 4.74 Å². The Morgan fingerprint density at radius 3 is 2.42 bits per heavy atom. The molecule has 0 bridgehead atoms. The quantitative estimate of drug-likeness (QED) is 0.732. The first kappa shape index (κ1) is 13.9. The van der Waals surface area contributed by atoms with Gasteiger partial charge in [-0.05, 0) is 39.8 Å². The van der Waals surface area contributed by atoms with Gasteiger partial charge in [0.25, 0.3) is 5.91 Å². The molecule has 5 heteroatoms. The van der Waals surface area contributed by atoms with E-state index in [1.54, 1.807) is 11.0 Å². The molecule has 0 spiro atoms. The molecule has 1 fully saturated rings. The average Bonchev–Trinajstić information content (AvgIpc) is 2.24. The van der Waals surface area contributed by atoms with Gasteiger partial charge in [0.15, 0.2) is 0 Å². The van der Waals surface area contributed by atoms with Gasteiger partial charge in [-0.3, -0.25) is 4.79 Å². The zero-order valence-electron chi connectivity index (χ0n) is 11.7. The number of halogens is 1. The van der Waals surface area contributed by atoms with Crippen LogP contribution in [0.25, 0.3) is 0 Å². The summed E-state index contributed by atoms with van der Waals surface area (Å²) in [5.74, 6) is -1.07. The van der Waals surface area contributed by atoms with Gasteiger partial charge in [0.2, 0.25) is 5.95 Å². The van der Waals surface area contributed by atoms with Crippen LogP contribution in [0.4, 0.5) is 4.39 Å². The minimum atomic E-state index is -0.727. The largest absolute Gasteiger partial charge is 0.366 e. The third kappa shape index (κ3) is 3.10. The van der Waals surface area contributed by atoms with Crippen molar-refractivity contribution in [3.8, 4) is 0 Å². The van der Waals surface area contributed by atoms with Gasteiger partial charge >= 0.3 is 0 Å². The van der Waals surface area contributed by atoms with Crippen LogP contribution in [-0.2, 0) is 4.74 Å². The van der Waals surface area contributed by atoms with E-state index in [0.717, 1.165) is 0 Å². The predicted molar refractivity (Wildman–Crippen MR) is 69.3 cm³/mol. The normalized spacial score (nSPS) is 21.2. The van der Waals surface area contributed by atoms with Crippen LogP contribution in [0.5, 0.6) is 0 Å². The highest BCUT2D eigenvalue weighted by Gasteiger charge is 2.40. The summed E-state index contributed by atoms with van der Waals surface area (Å²) in [4.78, 5) is 17.5. The van der Waals surface area contributed by atoms with Crippen molar-refractivity contribution in [1.29, 1.82) is 0 Å². The van der Waals surface area contributed by atoms with E-state index in [-0.39, 0.29) is 11.5 Å². The zero-order valence-corrected chi connectivity index (χ0v) is 11.7. The smallest absolute Gasteiger partial charge is 0.258 e. The molecule has 2 heterocycles. The van der Waals surface area contributed by atoms with Gasteiger partial charge in [0, 0.05) is 19.3 Å². The lowest BCUT2D eigenvalue weighted by Crippen LogP contribution is -2.58. The van der Waals surface area contributed by atoms with Crippen molar-refractivity contribution in [2.75, 3.05) is 13.1 Å². The molecular formula is C14H19FN2O2.